The minimum absolute atomic E-state index is 0.0903. The molecule has 0 saturated carbocycles. The van der Waals surface area contributed by atoms with E-state index in [0.717, 1.165) is 39.4 Å². The molecule has 2 aliphatic rings. The lowest BCUT2D eigenvalue weighted by molar-refractivity contribution is -0.127. The first-order valence-electron chi connectivity index (χ1n) is 11.8. The van der Waals surface area contributed by atoms with Gasteiger partial charge in [-0.15, -0.1) is 0 Å². The molecule has 0 radical (unpaired) electrons. The van der Waals surface area contributed by atoms with Crippen LogP contribution in [0.5, 0.6) is 0 Å². The smallest absolute Gasteiger partial charge is 0.329 e. The second-order valence-corrected chi connectivity index (χ2v) is 9.69. The highest BCUT2D eigenvalue weighted by molar-refractivity contribution is 6.16. The van der Waals surface area contributed by atoms with Crippen molar-refractivity contribution in [1.82, 2.24) is 10.2 Å². The molecule has 2 aromatic rings. The van der Waals surface area contributed by atoms with Crippen molar-refractivity contribution in [2.24, 2.45) is 0 Å². The molecule has 2 aliphatic heterocycles. The van der Waals surface area contributed by atoms with Gasteiger partial charge >= 0.3 is 6.03 Å². The number of nitrogens with one attached hydrogen (secondary N) is 2. The second kappa shape index (κ2) is 9.06. The van der Waals surface area contributed by atoms with Gasteiger partial charge in [0.1, 0.15) is 12.2 Å². The van der Waals surface area contributed by atoms with E-state index in [-0.39, 0.29) is 17.8 Å². The zero-order valence-corrected chi connectivity index (χ0v) is 21.2. The minimum atomic E-state index is -0.605. The predicted molar refractivity (Wildman–Crippen MR) is 140 cm³/mol. The van der Waals surface area contributed by atoms with Gasteiger partial charge in [-0.1, -0.05) is 24.3 Å². The third-order valence-corrected chi connectivity index (χ3v) is 6.66. The van der Waals surface area contributed by atoms with Gasteiger partial charge in [-0.25, -0.2) is 9.69 Å². The van der Waals surface area contributed by atoms with Gasteiger partial charge in [-0.2, -0.15) is 0 Å². The largest absolute Gasteiger partial charge is 0.363 e. The third-order valence-electron chi connectivity index (χ3n) is 6.66. The van der Waals surface area contributed by atoms with Gasteiger partial charge in [0.2, 0.25) is 5.91 Å². The number of benzene rings is 2. The molecular formula is C28H32N4O3. The maximum absolute atomic E-state index is 13.0. The Morgan fingerprint density at radius 2 is 1.80 bits per heavy atom. The highest BCUT2D eigenvalue weighted by atomic mass is 16.2. The number of aryl methyl sites for hydroxylation is 2. The van der Waals surface area contributed by atoms with Crippen LogP contribution in [0.25, 0.3) is 11.6 Å². The summed E-state index contributed by atoms with van der Waals surface area (Å²) in [6.07, 6.45) is 3.95. The van der Waals surface area contributed by atoms with E-state index in [0.29, 0.717) is 5.69 Å². The summed E-state index contributed by atoms with van der Waals surface area (Å²) < 4.78 is 0. The highest BCUT2D eigenvalue weighted by Gasteiger charge is 2.35. The number of amides is 4. The molecule has 2 aromatic carbocycles. The van der Waals surface area contributed by atoms with Crippen molar-refractivity contribution in [2.45, 2.75) is 47.1 Å². The standard InChI is InChI=1S/C28H32N4O3/c1-7-32-24-12-18(3)20(13-21(24)19(4)15-28(32,5)6)14-23-26(34)31(27(35)30-23)16-25(33)29-22-11-9-8-10-17(22)2/h8-15H,7,16H2,1-6H3,(H,29,33)(H,30,35)/b23-14+. The Morgan fingerprint density at radius 1 is 1.09 bits per heavy atom. The average Bonchev–Trinajstić information content (AvgIpc) is 3.03. The molecule has 0 unspecified atom stereocenters. The number of rotatable bonds is 5. The molecule has 1 fully saturated rings. The van der Waals surface area contributed by atoms with Gasteiger partial charge in [-0.05, 0) is 88.1 Å². The molecule has 7 nitrogen and oxygen atoms in total. The Balaban J connectivity index is 1.58. The lowest BCUT2D eigenvalue weighted by Crippen LogP contribution is -2.44. The molecular weight excluding hydrogens is 440 g/mol. The Bertz CT molecular complexity index is 1290. The molecule has 1 saturated heterocycles. The summed E-state index contributed by atoms with van der Waals surface area (Å²) in [5.74, 6) is -0.951. The SMILES string of the molecule is CCN1c2cc(C)c(/C=C3/NC(=O)N(CC(=O)Nc4ccccc4C)C3=O)cc2C(C)=CC1(C)C. The van der Waals surface area contributed by atoms with E-state index in [9.17, 15) is 14.4 Å². The fraction of sp³-hybridized carbons (Fsp3) is 0.321. The molecule has 182 valence electrons. The van der Waals surface area contributed by atoms with E-state index in [1.165, 1.54) is 5.57 Å². The Morgan fingerprint density at radius 3 is 2.49 bits per heavy atom. The van der Waals surface area contributed by atoms with Gasteiger partial charge in [0.25, 0.3) is 5.91 Å². The zero-order valence-electron chi connectivity index (χ0n) is 21.2. The van der Waals surface area contributed by atoms with Crippen LogP contribution in [-0.4, -0.2) is 41.4 Å². The third kappa shape index (κ3) is 4.58. The number of likely N-dealkylation sites (N-methyl/N-ethyl adjacent to an activating group) is 1. The van der Waals surface area contributed by atoms with Crippen LogP contribution >= 0.6 is 0 Å². The van der Waals surface area contributed by atoms with Crippen LogP contribution in [0.2, 0.25) is 0 Å². The molecule has 7 heteroatoms. The van der Waals surface area contributed by atoms with Gasteiger partial charge in [-0.3, -0.25) is 9.59 Å². The van der Waals surface area contributed by atoms with Crippen molar-refractivity contribution in [3.05, 3.63) is 70.4 Å². The molecule has 0 bridgehead atoms. The molecule has 35 heavy (non-hydrogen) atoms. The zero-order chi connectivity index (χ0) is 25.5. The number of fused-ring (bicyclic) bond motifs is 1. The first-order valence-corrected chi connectivity index (χ1v) is 11.8. The summed E-state index contributed by atoms with van der Waals surface area (Å²) >= 11 is 0. The summed E-state index contributed by atoms with van der Waals surface area (Å²) in [4.78, 5) is 41.3. The topological polar surface area (TPSA) is 81.8 Å². The van der Waals surface area contributed by atoms with Crippen molar-refractivity contribution >= 4 is 40.9 Å². The number of allylic oxidation sites excluding steroid dienone is 1. The Labute approximate surface area is 206 Å². The molecule has 4 amide bonds. The molecule has 0 atom stereocenters. The summed E-state index contributed by atoms with van der Waals surface area (Å²) in [7, 11) is 0. The van der Waals surface area contributed by atoms with Gasteiger partial charge in [0.05, 0.1) is 5.54 Å². The maximum Gasteiger partial charge on any atom is 0.329 e. The van der Waals surface area contributed by atoms with Crippen molar-refractivity contribution in [3.8, 4) is 0 Å². The van der Waals surface area contributed by atoms with Gasteiger partial charge in [0.15, 0.2) is 0 Å². The highest BCUT2D eigenvalue weighted by Crippen LogP contribution is 2.40. The summed E-state index contributed by atoms with van der Waals surface area (Å²) in [6.45, 7) is 13.0. The first kappa shape index (κ1) is 24.3. The molecule has 2 N–H and O–H groups in total. The summed E-state index contributed by atoms with van der Waals surface area (Å²) in [5.41, 5.74) is 6.90. The van der Waals surface area contributed by atoms with Gasteiger partial charge in [0, 0.05) is 23.5 Å². The van der Waals surface area contributed by atoms with E-state index in [1.807, 2.05) is 32.0 Å². The van der Waals surface area contributed by atoms with E-state index in [4.69, 9.17) is 0 Å². The quantitative estimate of drug-likeness (QED) is 0.481. The number of hydrogen-bond donors (Lipinski definition) is 2. The number of imide groups is 1. The van der Waals surface area contributed by atoms with Gasteiger partial charge < -0.3 is 15.5 Å². The van der Waals surface area contributed by atoms with Crippen LogP contribution in [0.15, 0.2) is 48.2 Å². The van der Waals surface area contributed by atoms with E-state index in [1.54, 1.807) is 12.1 Å². The van der Waals surface area contributed by atoms with Crippen LogP contribution in [0.1, 0.15) is 49.9 Å². The molecule has 4 rings (SSSR count). The molecule has 0 aromatic heterocycles. The van der Waals surface area contributed by atoms with Crippen molar-refractivity contribution in [1.29, 1.82) is 0 Å². The molecule has 2 heterocycles. The predicted octanol–water partition coefficient (Wildman–Crippen LogP) is 4.86. The van der Waals surface area contributed by atoms with E-state index < -0.39 is 17.8 Å². The number of anilines is 2. The number of nitrogens with zero attached hydrogens (tertiary/aromatic N) is 2. The fourth-order valence-electron chi connectivity index (χ4n) is 4.90. The number of urea groups is 1. The van der Waals surface area contributed by atoms with Crippen molar-refractivity contribution in [3.63, 3.8) is 0 Å². The normalized spacial score (nSPS) is 17.9. The Kier molecular flexibility index (Phi) is 6.28. The van der Waals surface area contributed by atoms with Crippen LogP contribution in [0.4, 0.5) is 16.2 Å². The molecule has 0 aliphatic carbocycles. The number of carbonyl (C=O) groups excluding carboxylic acids is 3. The second-order valence-electron chi connectivity index (χ2n) is 9.69. The summed E-state index contributed by atoms with van der Waals surface area (Å²) in [5, 5.41) is 5.39. The Hall–Kier alpha value is -3.87. The minimum Gasteiger partial charge on any atom is -0.363 e. The lowest BCUT2D eigenvalue weighted by Gasteiger charge is -2.43. The number of carbonyl (C=O) groups is 3. The monoisotopic (exact) mass is 472 g/mol. The number of hydrogen-bond acceptors (Lipinski definition) is 4. The average molecular weight is 473 g/mol. The van der Waals surface area contributed by atoms with E-state index >= 15 is 0 Å². The van der Waals surface area contributed by atoms with Crippen LogP contribution in [0, 0.1) is 13.8 Å². The van der Waals surface area contributed by atoms with Crippen LogP contribution in [0.3, 0.4) is 0 Å². The first-order chi connectivity index (χ1) is 16.5. The van der Waals surface area contributed by atoms with E-state index in [2.05, 4.69) is 61.4 Å². The molecule has 0 spiro atoms. The van der Waals surface area contributed by atoms with Crippen molar-refractivity contribution in [2.75, 3.05) is 23.3 Å². The number of para-hydroxylation sites is 1. The van der Waals surface area contributed by atoms with Crippen molar-refractivity contribution < 1.29 is 14.4 Å². The van der Waals surface area contributed by atoms with Crippen LogP contribution in [-0.2, 0) is 9.59 Å². The maximum atomic E-state index is 13.0. The fourth-order valence-corrected chi connectivity index (χ4v) is 4.90. The lowest BCUT2D eigenvalue weighted by atomic mass is 9.87. The summed E-state index contributed by atoms with van der Waals surface area (Å²) in [6, 6.07) is 10.9. The van der Waals surface area contributed by atoms with Crippen LogP contribution < -0.4 is 15.5 Å².